The first kappa shape index (κ1) is 15.1. The lowest BCUT2D eigenvalue weighted by molar-refractivity contribution is 0.126. The van der Waals surface area contributed by atoms with Crippen LogP contribution in [0.1, 0.15) is 26.2 Å². The van der Waals surface area contributed by atoms with Crippen LogP contribution in [0.2, 0.25) is 0 Å². The van der Waals surface area contributed by atoms with Gasteiger partial charge in [0.1, 0.15) is 11.3 Å². The van der Waals surface area contributed by atoms with Gasteiger partial charge in [0.15, 0.2) is 4.77 Å². The SMILES string of the molecule is CCCCOCCCn1c(=S)[nH]c2c(OC)cccc21. The standard InChI is InChI=1S/C15H22N2O2S/c1-3-4-10-19-11-6-9-17-12-7-5-8-13(18-2)14(12)16-15(17)20/h5,7-8H,3-4,6,9-11H2,1-2H3,(H,16,20). The molecule has 1 aromatic heterocycles. The third-order valence-electron chi connectivity index (χ3n) is 3.30. The number of hydrogen-bond acceptors (Lipinski definition) is 3. The summed E-state index contributed by atoms with van der Waals surface area (Å²) in [6.07, 6.45) is 3.26. The highest BCUT2D eigenvalue weighted by Crippen LogP contribution is 2.24. The number of imidazole rings is 1. The number of nitrogens with one attached hydrogen (secondary N) is 1. The normalized spacial score (nSPS) is 11.1. The molecular formula is C15H22N2O2S. The van der Waals surface area contributed by atoms with Crippen molar-refractivity contribution in [1.29, 1.82) is 0 Å². The van der Waals surface area contributed by atoms with E-state index in [-0.39, 0.29) is 0 Å². The van der Waals surface area contributed by atoms with Gasteiger partial charge in [0.05, 0.1) is 12.6 Å². The molecule has 0 unspecified atom stereocenters. The van der Waals surface area contributed by atoms with E-state index in [4.69, 9.17) is 21.7 Å². The number of methoxy groups -OCH3 is 1. The van der Waals surface area contributed by atoms with Gasteiger partial charge >= 0.3 is 0 Å². The summed E-state index contributed by atoms with van der Waals surface area (Å²) in [5.74, 6) is 0.826. The minimum atomic E-state index is 0.734. The van der Waals surface area contributed by atoms with Gasteiger partial charge in [0.25, 0.3) is 0 Å². The topological polar surface area (TPSA) is 39.2 Å². The Morgan fingerprint density at radius 2 is 2.05 bits per heavy atom. The van der Waals surface area contributed by atoms with E-state index in [9.17, 15) is 0 Å². The summed E-state index contributed by atoms with van der Waals surface area (Å²) in [7, 11) is 1.67. The molecule has 20 heavy (non-hydrogen) atoms. The quantitative estimate of drug-likeness (QED) is 0.592. The monoisotopic (exact) mass is 294 g/mol. The number of para-hydroxylation sites is 1. The predicted molar refractivity (Wildman–Crippen MR) is 84.0 cm³/mol. The van der Waals surface area contributed by atoms with Crippen molar-refractivity contribution in [3.63, 3.8) is 0 Å². The number of fused-ring (bicyclic) bond motifs is 1. The maximum Gasteiger partial charge on any atom is 0.178 e. The lowest BCUT2D eigenvalue weighted by Crippen LogP contribution is -2.03. The fraction of sp³-hybridized carbons (Fsp3) is 0.533. The highest BCUT2D eigenvalue weighted by atomic mass is 32.1. The van der Waals surface area contributed by atoms with Crippen molar-refractivity contribution in [2.24, 2.45) is 0 Å². The van der Waals surface area contributed by atoms with Crippen molar-refractivity contribution in [2.75, 3.05) is 20.3 Å². The number of nitrogens with zero attached hydrogens (tertiary/aromatic N) is 1. The molecule has 0 bridgehead atoms. The number of rotatable bonds is 8. The van der Waals surface area contributed by atoms with Crippen LogP contribution >= 0.6 is 12.2 Å². The van der Waals surface area contributed by atoms with E-state index in [0.717, 1.165) is 54.2 Å². The van der Waals surface area contributed by atoms with Gasteiger partial charge in [-0.15, -0.1) is 0 Å². The zero-order chi connectivity index (χ0) is 14.4. The van der Waals surface area contributed by atoms with Gasteiger partial charge in [-0.25, -0.2) is 0 Å². The van der Waals surface area contributed by atoms with E-state index in [1.807, 2.05) is 12.1 Å². The fourth-order valence-corrected chi connectivity index (χ4v) is 2.51. The zero-order valence-corrected chi connectivity index (χ0v) is 13.0. The fourth-order valence-electron chi connectivity index (χ4n) is 2.22. The Morgan fingerprint density at radius 3 is 2.80 bits per heavy atom. The zero-order valence-electron chi connectivity index (χ0n) is 12.1. The number of aryl methyl sites for hydroxylation is 1. The summed E-state index contributed by atoms with van der Waals surface area (Å²) in [5, 5.41) is 0. The molecule has 0 aliphatic rings. The Labute approximate surface area is 124 Å². The molecular weight excluding hydrogens is 272 g/mol. The predicted octanol–water partition coefficient (Wildman–Crippen LogP) is 3.91. The molecule has 0 spiro atoms. The van der Waals surface area contributed by atoms with Gasteiger partial charge in [-0.05, 0) is 37.2 Å². The second kappa shape index (κ2) is 7.45. The van der Waals surface area contributed by atoms with Gasteiger partial charge in [-0.2, -0.15) is 0 Å². The molecule has 2 rings (SSSR count). The van der Waals surface area contributed by atoms with Crippen LogP contribution in [-0.2, 0) is 11.3 Å². The van der Waals surface area contributed by atoms with E-state index < -0.39 is 0 Å². The Bertz CT molecular complexity index is 603. The van der Waals surface area contributed by atoms with Crippen molar-refractivity contribution >= 4 is 23.3 Å². The number of H-pyrrole nitrogens is 1. The van der Waals surface area contributed by atoms with E-state index in [1.54, 1.807) is 7.11 Å². The second-order valence-corrected chi connectivity index (χ2v) is 5.14. The molecule has 110 valence electrons. The summed E-state index contributed by atoms with van der Waals surface area (Å²) in [6.45, 7) is 4.65. The van der Waals surface area contributed by atoms with E-state index in [2.05, 4.69) is 22.5 Å². The van der Waals surface area contributed by atoms with Gasteiger partial charge < -0.3 is 19.0 Å². The van der Waals surface area contributed by atoms with Crippen molar-refractivity contribution < 1.29 is 9.47 Å². The third-order valence-corrected chi connectivity index (χ3v) is 3.63. The molecule has 1 heterocycles. The number of aromatic nitrogens is 2. The first-order chi connectivity index (χ1) is 9.77. The van der Waals surface area contributed by atoms with Crippen LogP contribution in [0, 0.1) is 4.77 Å². The molecule has 0 aliphatic carbocycles. The summed E-state index contributed by atoms with van der Waals surface area (Å²) in [4.78, 5) is 3.22. The molecule has 0 atom stereocenters. The number of benzene rings is 1. The molecule has 1 N–H and O–H groups in total. The van der Waals surface area contributed by atoms with Crippen LogP contribution in [0.4, 0.5) is 0 Å². The molecule has 0 fully saturated rings. The molecule has 0 aliphatic heterocycles. The van der Waals surface area contributed by atoms with Crippen LogP contribution in [0.15, 0.2) is 18.2 Å². The Kier molecular flexibility index (Phi) is 5.61. The first-order valence-corrected chi connectivity index (χ1v) is 7.52. The Morgan fingerprint density at radius 1 is 1.25 bits per heavy atom. The number of ether oxygens (including phenoxy) is 2. The summed E-state index contributed by atoms with van der Waals surface area (Å²) >= 11 is 5.39. The summed E-state index contributed by atoms with van der Waals surface area (Å²) in [6, 6.07) is 5.98. The van der Waals surface area contributed by atoms with Gasteiger partial charge in [0, 0.05) is 19.8 Å². The van der Waals surface area contributed by atoms with Crippen molar-refractivity contribution in [3.8, 4) is 5.75 Å². The maximum absolute atomic E-state index is 5.59. The van der Waals surface area contributed by atoms with Crippen molar-refractivity contribution in [1.82, 2.24) is 9.55 Å². The largest absolute Gasteiger partial charge is 0.494 e. The van der Waals surface area contributed by atoms with Gasteiger partial charge in [0.2, 0.25) is 0 Å². The minimum absolute atomic E-state index is 0.734. The van der Waals surface area contributed by atoms with E-state index in [1.165, 1.54) is 6.42 Å². The smallest absolute Gasteiger partial charge is 0.178 e. The molecule has 1 aromatic carbocycles. The molecule has 0 saturated heterocycles. The second-order valence-electron chi connectivity index (χ2n) is 4.76. The maximum atomic E-state index is 5.59. The van der Waals surface area contributed by atoms with E-state index >= 15 is 0 Å². The molecule has 5 heteroatoms. The Balaban J connectivity index is 2.03. The van der Waals surface area contributed by atoms with Crippen LogP contribution in [0.5, 0.6) is 5.75 Å². The third kappa shape index (κ3) is 3.41. The highest BCUT2D eigenvalue weighted by Gasteiger charge is 2.08. The number of hydrogen-bond donors (Lipinski definition) is 1. The molecule has 0 radical (unpaired) electrons. The number of aromatic amines is 1. The van der Waals surface area contributed by atoms with Crippen molar-refractivity contribution in [2.45, 2.75) is 32.7 Å². The average Bonchev–Trinajstić information content (AvgIpc) is 2.78. The Hall–Kier alpha value is -1.33. The number of unbranched alkanes of at least 4 members (excludes halogenated alkanes) is 1. The molecule has 4 nitrogen and oxygen atoms in total. The van der Waals surface area contributed by atoms with E-state index in [0.29, 0.717) is 0 Å². The molecule has 0 saturated carbocycles. The van der Waals surface area contributed by atoms with Gasteiger partial charge in [-0.1, -0.05) is 19.4 Å². The first-order valence-electron chi connectivity index (χ1n) is 7.11. The average molecular weight is 294 g/mol. The summed E-state index contributed by atoms with van der Waals surface area (Å²) < 4.78 is 13.8. The summed E-state index contributed by atoms with van der Waals surface area (Å²) in [5.41, 5.74) is 2.05. The minimum Gasteiger partial charge on any atom is -0.494 e. The van der Waals surface area contributed by atoms with Crippen LogP contribution < -0.4 is 4.74 Å². The highest BCUT2D eigenvalue weighted by molar-refractivity contribution is 7.71. The van der Waals surface area contributed by atoms with Crippen LogP contribution in [0.25, 0.3) is 11.0 Å². The molecule has 0 amide bonds. The van der Waals surface area contributed by atoms with Crippen LogP contribution in [-0.4, -0.2) is 29.9 Å². The van der Waals surface area contributed by atoms with Gasteiger partial charge in [-0.3, -0.25) is 0 Å². The lowest BCUT2D eigenvalue weighted by atomic mass is 10.3. The van der Waals surface area contributed by atoms with Crippen LogP contribution in [0.3, 0.4) is 0 Å². The van der Waals surface area contributed by atoms with Crippen molar-refractivity contribution in [3.05, 3.63) is 23.0 Å². The lowest BCUT2D eigenvalue weighted by Gasteiger charge is -2.06. The molecule has 2 aromatic rings.